The molecule has 2 N–H and O–H groups in total. The van der Waals surface area contributed by atoms with Crippen molar-refractivity contribution < 1.29 is 4.74 Å². The van der Waals surface area contributed by atoms with E-state index in [-0.39, 0.29) is 6.10 Å². The fourth-order valence-electron chi connectivity index (χ4n) is 0.947. The van der Waals surface area contributed by atoms with Crippen molar-refractivity contribution in [1.82, 2.24) is 0 Å². The van der Waals surface area contributed by atoms with Crippen molar-refractivity contribution in [1.29, 1.82) is 0 Å². The molecule has 0 fully saturated rings. The summed E-state index contributed by atoms with van der Waals surface area (Å²) in [7, 11) is 0. The number of rotatable bonds is 3. The summed E-state index contributed by atoms with van der Waals surface area (Å²) in [6, 6.07) is 5.25. The molecule has 1 aromatic carbocycles. The van der Waals surface area contributed by atoms with Gasteiger partial charge < -0.3 is 10.5 Å². The Morgan fingerprint density at radius 3 is 2.50 bits per heavy atom. The number of nitrogen functional groups attached to an aromatic ring is 1. The van der Waals surface area contributed by atoms with Gasteiger partial charge in [-0.3, -0.25) is 0 Å². The van der Waals surface area contributed by atoms with E-state index in [9.17, 15) is 0 Å². The summed E-state index contributed by atoms with van der Waals surface area (Å²) in [4.78, 5) is 0. The van der Waals surface area contributed by atoms with E-state index in [1.54, 1.807) is 18.2 Å². The molecule has 0 amide bonds. The maximum atomic E-state index is 5.84. The van der Waals surface area contributed by atoms with Crippen molar-refractivity contribution in [3.05, 3.63) is 23.2 Å². The highest BCUT2D eigenvalue weighted by Crippen LogP contribution is 2.27. The molecule has 78 valence electrons. The fraction of sp³-hybridized carbons (Fsp3) is 0.455. The van der Waals surface area contributed by atoms with Gasteiger partial charge in [-0.2, -0.15) is 0 Å². The van der Waals surface area contributed by atoms with Crippen LogP contribution in [0.25, 0.3) is 0 Å². The van der Waals surface area contributed by atoms with Gasteiger partial charge in [0, 0.05) is 11.1 Å². The maximum Gasteiger partial charge on any atom is 0.144 e. The predicted molar refractivity (Wildman–Crippen MR) is 60.8 cm³/mol. The van der Waals surface area contributed by atoms with Crippen LogP contribution in [0.1, 0.15) is 20.8 Å². The average Bonchev–Trinajstić information content (AvgIpc) is 2.11. The second kappa shape index (κ2) is 4.56. The molecule has 0 saturated carbocycles. The Morgan fingerprint density at radius 2 is 1.93 bits per heavy atom. The van der Waals surface area contributed by atoms with Gasteiger partial charge in [-0.25, -0.2) is 0 Å². The van der Waals surface area contributed by atoms with E-state index in [1.165, 1.54) is 0 Å². The third-order valence-electron chi connectivity index (χ3n) is 2.23. The number of ether oxygens (including phenoxy) is 1. The van der Waals surface area contributed by atoms with Crippen LogP contribution in [0.2, 0.25) is 5.02 Å². The van der Waals surface area contributed by atoms with Gasteiger partial charge in [0.15, 0.2) is 0 Å². The zero-order valence-electron chi connectivity index (χ0n) is 8.75. The van der Waals surface area contributed by atoms with Crippen LogP contribution in [0.5, 0.6) is 5.75 Å². The van der Waals surface area contributed by atoms with E-state index in [1.807, 2.05) is 6.92 Å². The molecule has 14 heavy (non-hydrogen) atoms. The lowest BCUT2D eigenvalue weighted by molar-refractivity contribution is 0.171. The molecule has 0 aliphatic carbocycles. The van der Waals surface area contributed by atoms with Crippen LogP contribution in [-0.4, -0.2) is 6.10 Å². The number of halogens is 1. The molecule has 0 aliphatic rings. The second-order valence-corrected chi connectivity index (χ2v) is 4.19. The first-order valence-corrected chi connectivity index (χ1v) is 5.10. The maximum absolute atomic E-state index is 5.84. The zero-order valence-corrected chi connectivity index (χ0v) is 9.51. The molecule has 3 heteroatoms. The predicted octanol–water partition coefficient (Wildman–Crippen LogP) is 3.35. The molecular weight excluding hydrogens is 198 g/mol. The first-order valence-electron chi connectivity index (χ1n) is 4.72. The van der Waals surface area contributed by atoms with Crippen LogP contribution in [0.15, 0.2) is 18.2 Å². The van der Waals surface area contributed by atoms with Crippen molar-refractivity contribution in [2.45, 2.75) is 26.9 Å². The summed E-state index contributed by atoms with van der Waals surface area (Å²) in [6.07, 6.45) is 0.135. The SMILES string of the molecule is CC(C)C(C)Oc1cc(Cl)ccc1N. The van der Waals surface area contributed by atoms with Crippen LogP contribution in [0.4, 0.5) is 5.69 Å². The van der Waals surface area contributed by atoms with Crippen molar-refractivity contribution in [3.8, 4) is 5.75 Å². The topological polar surface area (TPSA) is 35.2 Å². The minimum absolute atomic E-state index is 0.135. The number of nitrogens with two attached hydrogens (primary N) is 1. The zero-order chi connectivity index (χ0) is 10.7. The van der Waals surface area contributed by atoms with Gasteiger partial charge in [0.1, 0.15) is 5.75 Å². The first-order chi connectivity index (χ1) is 6.50. The monoisotopic (exact) mass is 213 g/mol. The molecule has 1 rings (SSSR count). The summed E-state index contributed by atoms with van der Waals surface area (Å²) in [5.74, 6) is 1.12. The highest BCUT2D eigenvalue weighted by atomic mass is 35.5. The van der Waals surface area contributed by atoms with Crippen molar-refractivity contribution in [2.24, 2.45) is 5.92 Å². The Labute approximate surface area is 90.0 Å². The first kappa shape index (κ1) is 11.2. The third kappa shape index (κ3) is 2.81. The molecule has 2 nitrogen and oxygen atoms in total. The molecule has 1 aromatic rings. The number of hydrogen-bond donors (Lipinski definition) is 1. The molecular formula is C11H16ClNO. The van der Waals surface area contributed by atoms with Gasteiger partial charge in [0.2, 0.25) is 0 Å². The molecule has 0 bridgehead atoms. The van der Waals surface area contributed by atoms with Crippen molar-refractivity contribution >= 4 is 17.3 Å². The summed E-state index contributed by atoms with van der Waals surface area (Å²) in [6.45, 7) is 6.22. The lowest BCUT2D eigenvalue weighted by Crippen LogP contribution is -2.19. The van der Waals surface area contributed by atoms with E-state index >= 15 is 0 Å². The number of hydrogen-bond acceptors (Lipinski definition) is 2. The Hall–Kier alpha value is -0.890. The fourth-order valence-corrected chi connectivity index (χ4v) is 1.11. The molecule has 0 spiro atoms. The quantitative estimate of drug-likeness (QED) is 0.782. The van der Waals surface area contributed by atoms with Gasteiger partial charge in [-0.05, 0) is 25.0 Å². The average molecular weight is 214 g/mol. The van der Waals surface area contributed by atoms with Gasteiger partial charge in [-0.15, -0.1) is 0 Å². The molecule has 0 aliphatic heterocycles. The van der Waals surface area contributed by atoms with Crippen LogP contribution in [0, 0.1) is 5.92 Å². The summed E-state index contributed by atoms with van der Waals surface area (Å²) in [5, 5.41) is 0.644. The highest BCUT2D eigenvalue weighted by Gasteiger charge is 2.10. The van der Waals surface area contributed by atoms with Crippen molar-refractivity contribution in [2.75, 3.05) is 5.73 Å². The molecule has 0 heterocycles. The molecule has 0 aromatic heterocycles. The third-order valence-corrected chi connectivity index (χ3v) is 2.46. The Morgan fingerprint density at radius 1 is 1.29 bits per heavy atom. The largest absolute Gasteiger partial charge is 0.488 e. The van der Waals surface area contributed by atoms with E-state index in [4.69, 9.17) is 22.1 Å². The summed E-state index contributed by atoms with van der Waals surface area (Å²) >= 11 is 5.84. The van der Waals surface area contributed by atoms with Crippen LogP contribution in [-0.2, 0) is 0 Å². The van der Waals surface area contributed by atoms with Crippen molar-refractivity contribution in [3.63, 3.8) is 0 Å². The Balaban J connectivity index is 2.80. The molecule has 0 saturated heterocycles. The van der Waals surface area contributed by atoms with Gasteiger partial charge >= 0.3 is 0 Å². The van der Waals surface area contributed by atoms with Crippen LogP contribution < -0.4 is 10.5 Å². The van der Waals surface area contributed by atoms with Gasteiger partial charge in [-0.1, -0.05) is 25.4 Å². The van der Waals surface area contributed by atoms with Crippen LogP contribution in [0.3, 0.4) is 0 Å². The van der Waals surface area contributed by atoms with E-state index in [0.717, 1.165) is 0 Å². The minimum atomic E-state index is 0.135. The molecule has 1 unspecified atom stereocenters. The van der Waals surface area contributed by atoms with Crippen LogP contribution >= 0.6 is 11.6 Å². The number of anilines is 1. The van der Waals surface area contributed by atoms with E-state index in [2.05, 4.69) is 13.8 Å². The normalized spacial score (nSPS) is 12.9. The smallest absolute Gasteiger partial charge is 0.144 e. The summed E-state index contributed by atoms with van der Waals surface area (Å²) < 4.78 is 5.68. The molecule has 1 atom stereocenters. The standard InChI is InChI=1S/C11H16ClNO/c1-7(2)8(3)14-11-6-9(12)4-5-10(11)13/h4-8H,13H2,1-3H3. The Bertz CT molecular complexity index is 312. The summed E-state index contributed by atoms with van der Waals surface area (Å²) in [5.41, 5.74) is 6.38. The van der Waals surface area contributed by atoms with Gasteiger partial charge in [0.05, 0.1) is 11.8 Å². The second-order valence-electron chi connectivity index (χ2n) is 3.75. The minimum Gasteiger partial charge on any atom is -0.488 e. The lowest BCUT2D eigenvalue weighted by Gasteiger charge is -2.19. The van der Waals surface area contributed by atoms with E-state index < -0.39 is 0 Å². The Kier molecular flexibility index (Phi) is 3.64. The van der Waals surface area contributed by atoms with E-state index in [0.29, 0.717) is 22.4 Å². The number of benzene rings is 1. The molecule has 0 radical (unpaired) electrons. The lowest BCUT2D eigenvalue weighted by atomic mass is 10.1. The highest BCUT2D eigenvalue weighted by molar-refractivity contribution is 6.30. The van der Waals surface area contributed by atoms with Gasteiger partial charge in [0.25, 0.3) is 0 Å².